The maximum absolute atomic E-state index is 11.7. The lowest BCUT2D eigenvalue weighted by atomic mass is 10.0. The van der Waals surface area contributed by atoms with Gasteiger partial charge in [0.2, 0.25) is 0 Å². The largest absolute Gasteiger partial charge is 0.444 e. The monoisotopic (exact) mass is 425 g/mol. The molecule has 2 N–H and O–H groups in total. The molecule has 1 fully saturated rings. The van der Waals surface area contributed by atoms with Crippen molar-refractivity contribution < 1.29 is 19.1 Å². The van der Waals surface area contributed by atoms with E-state index < -0.39 is 23.4 Å². The van der Waals surface area contributed by atoms with Crippen molar-refractivity contribution in [3.8, 4) is 0 Å². The Morgan fingerprint density at radius 1 is 1.24 bits per heavy atom. The summed E-state index contributed by atoms with van der Waals surface area (Å²) >= 11 is 5.51. The molecule has 2 rings (SSSR count). The first kappa shape index (κ1) is 23.4. The van der Waals surface area contributed by atoms with Crippen LogP contribution in [0.5, 0.6) is 0 Å². The summed E-state index contributed by atoms with van der Waals surface area (Å²) in [5.74, 6) is 0. The van der Waals surface area contributed by atoms with Crippen LogP contribution in [-0.4, -0.2) is 54.2 Å². The van der Waals surface area contributed by atoms with Gasteiger partial charge in [-0.05, 0) is 46.6 Å². The third-order valence-electron chi connectivity index (χ3n) is 4.53. The molecule has 0 aromatic heterocycles. The van der Waals surface area contributed by atoms with Crippen LogP contribution in [0.4, 0.5) is 9.59 Å². The molecule has 1 amide bonds. The lowest BCUT2D eigenvalue weighted by Crippen LogP contribution is -2.48. The topological polar surface area (TPSA) is 79.9 Å². The Labute approximate surface area is 178 Å². The van der Waals surface area contributed by atoms with Gasteiger partial charge in [0.05, 0.1) is 0 Å². The number of alkyl carbamates (subject to hydrolysis) is 1. The molecular formula is C21H32ClN3O4. The van der Waals surface area contributed by atoms with E-state index in [9.17, 15) is 9.59 Å². The fraction of sp³-hybridized carbons (Fsp3) is 0.619. The third kappa shape index (κ3) is 9.02. The van der Waals surface area contributed by atoms with Crippen LogP contribution in [0, 0.1) is 0 Å². The first-order valence-electron chi connectivity index (χ1n) is 10.1. The average molecular weight is 426 g/mol. The molecule has 29 heavy (non-hydrogen) atoms. The number of hydrogen-bond donors (Lipinski definition) is 2. The standard InChI is InChI=1S/C21H32ClN3O4/c1-21(2,3)29-20(27)24-13-8-12-23-17-11-7-14-25(15-17)18(28-19(22)26)16-9-5-4-6-10-16/h4-6,9-10,17-18,23H,7-8,11-15H2,1-3H3,(H,24,27). The van der Waals surface area contributed by atoms with E-state index in [0.717, 1.165) is 44.5 Å². The number of carbonyl (C=O) groups excluding carboxylic acids is 2. The van der Waals surface area contributed by atoms with Crippen LogP contribution in [0.1, 0.15) is 51.8 Å². The van der Waals surface area contributed by atoms with E-state index in [1.54, 1.807) is 0 Å². The first-order chi connectivity index (χ1) is 13.7. The number of rotatable bonds is 8. The van der Waals surface area contributed by atoms with Gasteiger partial charge in [-0.25, -0.2) is 9.59 Å². The van der Waals surface area contributed by atoms with Crippen LogP contribution in [0.3, 0.4) is 0 Å². The Kier molecular flexibility index (Phi) is 9.20. The van der Waals surface area contributed by atoms with Crippen molar-refractivity contribution in [2.24, 2.45) is 0 Å². The number of carbonyl (C=O) groups is 2. The molecule has 162 valence electrons. The van der Waals surface area contributed by atoms with Crippen molar-refractivity contribution in [1.82, 2.24) is 15.5 Å². The minimum atomic E-state index is -0.804. The molecule has 8 heteroatoms. The second-order valence-electron chi connectivity index (χ2n) is 8.19. The summed E-state index contributed by atoms with van der Waals surface area (Å²) in [6.45, 7) is 8.44. The van der Waals surface area contributed by atoms with Gasteiger partial charge in [0, 0.05) is 42.8 Å². The van der Waals surface area contributed by atoms with Crippen LogP contribution >= 0.6 is 11.6 Å². The Morgan fingerprint density at radius 3 is 2.62 bits per heavy atom. The van der Waals surface area contributed by atoms with Gasteiger partial charge < -0.3 is 20.1 Å². The molecule has 0 spiro atoms. The molecule has 1 heterocycles. The predicted octanol–water partition coefficient (Wildman–Crippen LogP) is 4.03. The maximum atomic E-state index is 11.7. The van der Waals surface area contributed by atoms with Gasteiger partial charge in [0.15, 0.2) is 6.23 Å². The van der Waals surface area contributed by atoms with Gasteiger partial charge in [-0.1, -0.05) is 30.3 Å². The molecular weight excluding hydrogens is 394 g/mol. The summed E-state index contributed by atoms with van der Waals surface area (Å²) in [5, 5.41) is 6.29. The van der Waals surface area contributed by atoms with Crippen LogP contribution in [0.25, 0.3) is 0 Å². The number of likely N-dealkylation sites (tertiary alicyclic amines) is 1. The van der Waals surface area contributed by atoms with Crippen molar-refractivity contribution >= 4 is 23.1 Å². The van der Waals surface area contributed by atoms with E-state index >= 15 is 0 Å². The van der Waals surface area contributed by atoms with Crippen LogP contribution in [-0.2, 0) is 9.47 Å². The highest BCUT2D eigenvalue weighted by atomic mass is 35.5. The van der Waals surface area contributed by atoms with Crippen molar-refractivity contribution in [3.63, 3.8) is 0 Å². The van der Waals surface area contributed by atoms with Gasteiger partial charge >= 0.3 is 11.5 Å². The fourth-order valence-electron chi connectivity index (χ4n) is 3.34. The summed E-state index contributed by atoms with van der Waals surface area (Å²) in [5.41, 5.74) is -0.388. The zero-order chi connectivity index (χ0) is 21.3. The van der Waals surface area contributed by atoms with Crippen LogP contribution in [0.15, 0.2) is 30.3 Å². The zero-order valence-electron chi connectivity index (χ0n) is 17.4. The summed E-state index contributed by atoms with van der Waals surface area (Å²) in [6, 6.07) is 9.91. The number of amides is 1. The minimum absolute atomic E-state index is 0.283. The highest BCUT2D eigenvalue weighted by Gasteiger charge is 2.29. The van der Waals surface area contributed by atoms with E-state index in [-0.39, 0.29) is 6.04 Å². The average Bonchev–Trinajstić information content (AvgIpc) is 2.65. The van der Waals surface area contributed by atoms with Gasteiger partial charge in [-0.2, -0.15) is 0 Å². The molecule has 2 atom stereocenters. The van der Waals surface area contributed by atoms with E-state index in [1.807, 2.05) is 51.1 Å². The summed E-state index contributed by atoms with van der Waals surface area (Å²) in [4.78, 5) is 25.2. The summed E-state index contributed by atoms with van der Waals surface area (Å²) < 4.78 is 10.6. The Balaban J connectivity index is 1.77. The molecule has 0 saturated carbocycles. The Morgan fingerprint density at radius 2 is 1.97 bits per heavy atom. The van der Waals surface area contributed by atoms with Gasteiger partial charge in [0.1, 0.15) is 5.60 Å². The number of nitrogens with one attached hydrogen (secondary N) is 2. The molecule has 1 aliphatic heterocycles. The number of benzene rings is 1. The van der Waals surface area contributed by atoms with Crippen molar-refractivity contribution in [3.05, 3.63) is 35.9 Å². The first-order valence-corrected chi connectivity index (χ1v) is 10.5. The van der Waals surface area contributed by atoms with E-state index in [2.05, 4.69) is 15.5 Å². The normalized spacial score (nSPS) is 18.7. The lowest BCUT2D eigenvalue weighted by Gasteiger charge is -2.37. The third-order valence-corrected chi connectivity index (χ3v) is 4.62. The smallest absolute Gasteiger partial charge is 0.407 e. The second-order valence-corrected chi connectivity index (χ2v) is 8.50. The molecule has 1 aromatic rings. The number of nitrogens with zero attached hydrogens (tertiary/aromatic N) is 1. The van der Waals surface area contributed by atoms with Crippen molar-refractivity contribution in [2.75, 3.05) is 26.2 Å². The number of hydrogen-bond acceptors (Lipinski definition) is 6. The Hall–Kier alpha value is -1.83. The van der Waals surface area contributed by atoms with Crippen molar-refractivity contribution in [1.29, 1.82) is 0 Å². The van der Waals surface area contributed by atoms with E-state index in [1.165, 1.54) is 0 Å². The summed E-state index contributed by atoms with van der Waals surface area (Å²) in [7, 11) is 0. The molecule has 1 aromatic carbocycles. The molecule has 1 saturated heterocycles. The number of halogens is 1. The minimum Gasteiger partial charge on any atom is -0.444 e. The molecule has 0 aliphatic carbocycles. The van der Waals surface area contributed by atoms with Crippen LogP contribution < -0.4 is 10.6 Å². The van der Waals surface area contributed by atoms with E-state index in [0.29, 0.717) is 6.54 Å². The zero-order valence-corrected chi connectivity index (χ0v) is 18.2. The van der Waals surface area contributed by atoms with Gasteiger partial charge in [0.25, 0.3) is 0 Å². The van der Waals surface area contributed by atoms with Gasteiger partial charge in [-0.3, -0.25) is 4.90 Å². The van der Waals surface area contributed by atoms with Gasteiger partial charge in [-0.15, -0.1) is 0 Å². The highest BCUT2D eigenvalue weighted by Crippen LogP contribution is 2.26. The number of piperidine rings is 1. The fourth-order valence-corrected chi connectivity index (χ4v) is 3.43. The lowest BCUT2D eigenvalue weighted by molar-refractivity contribution is -0.0217. The highest BCUT2D eigenvalue weighted by molar-refractivity contribution is 6.61. The molecule has 1 aliphatic rings. The van der Waals surface area contributed by atoms with E-state index in [4.69, 9.17) is 21.1 Å². The SMILES string of the molecule is CC(C)(C)OC(=O)NCCCNC1CCCN(C(OC(=O)Cl)c2ccccc2)C1. The second kappa shape index (κ2) is 11.4. The maximum Gasteiger partial charge on any atom is 0.407 e. The van der Waals surface area contributed by atoms with Crippen molar-refractivity contribution in [2.45, 2.75) is 57.9 Å². The quantitative estimate of drug-likeness (QED) is 0.483. The molecule has 2 unspecified atom stereocenters. The summed E-state index contributed by atoms with van der Waals surface area (Å²) in [6.07, 6.45) is 1.97. The predicted molar refractivity (Wildman–Crippen MR) is 113 cm³/mol. The Bertz CT molecular complexity index is 651. The molecule has 7 nitrogen and oxygen atoms in total. The molecule has 0 radical (unpaired) electrons. The molecule has 0 bridgehead atoms. The van der Waals surface area contributed by atoms with Crippen LogP contribution in [0.2, 0.25) is 0 Å². The number of ether oxygens (including phenoxy) is 2.